The Morgan fingerprint density at radius 3 is 2.20 bits per heavy atom. The molecule has 0 spiro atoms. The fourth-order valence-corrected chi connectivity index (χ4v) is 5.73. The summed E-state index contributed by atoms with van der Waals surface area (Å²) >= 11 is 0.549. The van der Waals surface area contributed by atoms with Crippen LogP contribution in [0.15, 0.2) is 52.3 Å². The zero-order valence-electron chi connectivity index (χ0n) is 21.6. The molecule has 222 valence electrons. The maximum atomic E-state index is 14.2. The van der Waals surface area contributed by atoms with E-state index in [1.807, 2.05) is 0 Å². The van der Waals surface area contributed by atoms with Crippen LogP contribution in [0, 0.1) is 0 Å². The molecule has 0 unspecified atom stereocenters. The molecular weight excluding hydrogens is 576 g/mol. The van der Waals surface area contributed by atoms with Gasteiger partial charge in [0, 0.05) is 53.8 Å². The molecule has 2 aliphatic heterocycles. The van der Waals surface area contributed by atoms with Gasteiger partial charge in [0.25, 0.3) is 0 Å². The Morgan fingerprint density at radius 2 is 1.59 bits per heavy atom. The minimum Gasteiger partial charge on any atom is -0.465 e. The highest BCUT2D eigenvalue weighted by Gasteiger charge is 2.46. The number of amides is 2. The molecule has 0 bridgehead atoms. The van der Waals surface area contributed by atoms with Crippen LogP contribution in [0.25, 0.3) is 6.08 Å². The number of anilines is 1. The number of carbonyl (C=O) groups is 2. The fourth-order valence-electron chi connectivity index (χ4n) is 4.69. The lowest BCUT2D eigenvalue weighted by Crippen LogP contribution is -2.41. The largest absolute Gasteiger partial charge is 0.465 e. The highest BCUT2D eigenvalue weighted by Crippen LogP contribution is 2.48. The van der Waals surface area contributed by atoms with E-state index in [9.17, 15) is 35.9 Å². The summed E-state index contributed by atoms with van der Waals surface area (Å²) < 4.78 is 90.1. The second-order valence-electron chi connectivity index (χ2n) is 9.49. The van der Waals surface area contributed by atoms with E-state index in [4.69, 9.17) is 9.84 Å². The summed E-state index contributed by atoms with van der Waals surface area (Å²) in [5.41, 5.74) is -3.90. The van der Waals surface area contributed by atoms with Gasteiger partial charge in [-0.25, -0.2) is 4.79 Å². The molecule has 2 N–H and O–H groups in total. The Balaban J connectivity index is 1.60. The molecule has 2 saturated heterocycles. The number of hydrogen-bond acceptors (Lipinski definition) is 5. The van der Waals surface area contributed by atoms with Crippen molar-refractivity contribution in [3.63, 3.8) is 0 Å². The van der Waals surface area contributed by atoms with E-state index < -0.39 is 45.9 Å². The van der Waals surface area contributed by atoms with E-state index in [0.717, 1.165) is 24.3 Å². The number of rotatable bonds is 6. The molecule has 0 radical (unpaired) electrons. The topological polar surface area (TPSA) is 82.1 Å². The van der Waals surface area contributed by atoms with Crippen LogP contribution < -0.4 is 5.32 Å². The molecule has 0 atom stereocenters. The van der Waals surface area contributed by atoms with Gasteiger partial charge in [-0.1, -0.05) is 23.9 Å². The van der Waals surface area contributed by atoms with Crippen molar-refractivity contribution < 1.29 is 45.8 Å². The summed E-state index contributed by atoms with van der Waals surface area (Å²) in [6.07, 6.45) is -9.02. The number of ether oxygens (including phenoxy) is 1. The van der Waals surface area contributed by atoms with Gasteiger partial charge in [0.1, 0.15) is 0 Å². The predicted molar refractivity (Wildman–Crippen MR) is 140 cm³/mol. The highest BCUT2D eigenvalue weighted by molar-refractivity contribution is 7.99. The number of carbonyl (C=O) groups excluding carboxylic acids is 1. The maximum absolute atomic E-state index is 14.2. The summed E-state index contributed by atoms with van der Waals surface area (Å²) in [5.74, 6) is -0.619. The lowest BCUT2D eigenvalue weighted by Gasteiger charge is -2.31. The van der Waals surface area contributed by atoms with E-state index in [0.29, 0.717) is 43.4 Å². The predicted octanol–water partition coefficient (Wildman–Crippen LogP) is 6.30. The standard InChI is InChI=1S/C27H27F6N3O4S/c28-26(29,30)23-17(5-7-22(37)35-12-14-40-15-13-35)4-6-21(24(23)27(31,32)33)41-20-3-1-2-19(16-20)34-18-8-10-36(11-9-18)25(38)39/h1-7,16,18,34H,8-15H2,(H,38,39). The number of morpholine rings is 1. The second kappa shape index (κ2) is 12.6. The Bertz CT molecular complexity index is 1290. The molecule has 0 saturated carbocycles. The summed E-state index contributed by atoms with van der Waals surface area (Å²) in [5, 5.41) is 12.3. The van der Waals surface area contributed by atoms with Crippen molar-refractivity contribution in [1.29, 1.82) is 0 Å². The molecule has 14 heteroatoms. The number of hydrogen-bond donors (Lipinski definition) is 2. The van der Waals surface area contributed by atoms with Gasteiger partial charge in [0.2, 0.25) is 5.91 Å². The van der Waals surface area contributed by atoms with Crippen molar-refractivity contribution in [3.8, 4) is 0 Å². The molecule has 7 nitrogen and oxygen atoms in total. The van der Waals surface area contributed by atoms with Crippen molar-refractivity contribution >= 4 is 35.5 Å². The number of likely N-dealkylation sites (tertiary alicyclic amines) is 1. The molecule has 2 aliphatic rings. The Hall–Kier alpha value is -3.39. The number of nitrogens with one attached hydrogen (secondary N) is 1. The number of carboxylic acid groups (broad SMARTS) is 1. The molecule has 2 amide bonds. The summed E-state index contributed by atoms with van der Waals surface area (Å²) in [4.78, 5) is 25.8. The van der Waals surface area contributed by atoms with Crippen LogP contribution in [0.2, 0.25) is 0 Å². The monoisotopic (exact) mass is 603 g/mol. The third-order valence-corrected chi connectivity index (χ3v) is 7.74. The molecule has 41 heavy (non-hydrogen) atoms. The van der Waals surface area contributed by atoms with Crippen LogP contribution in [0.1, 0.15) is 29.5 Å². The fraction of sp³-hybridized carbons (Fsp3) is 0.407. The lowest BCUT2D eigenvalue weighted by atomic mass is 9.99. The Kier molecular flexibility index (Phi) is 9.42. The van der Waals surface area contributed by atoms with Crippen LogP contribution in [0.3, 0.4) is 0 Å². The van der Waals surface area contributed by atoms with Gasteiger partial charge in [-0.2, -0.15) is 26.3 Å². The molecule has 0 aromatic heterocycles. The summed E-state index contributed by atoms with van der Waals surface area (Å²) in [7, 11) is 0. The van der Waals surface area contributed by atoms with Crippen LogP contribution >= 0.6 is 11.8 Å². The van der Waals surface area contributed by atoms with Gasteiger partial charge in [-0.05, 0) is 48.7 Å². The van der Waals surface area contributed by atoms with E-state index >= 15 is 0 Å². The lowest BCUT2D eigenvalue weighted by molar-refractivity contribution is -0.163. The highest BCUT2D eigenvalue weighted by atomic mass is 32.2. The van der Waals surface area contributed by atoms with Crippen LogP contribution in [-0.2, 0) is 21.9 Å². The van der Waals surface area contributed by atoms with Crippen molar-refractivity contribution in [2.45, 2.75) is 41.0 Å². The zero-order chi connectivity index (χ0) is 29.8. The minimum absolute atomic E-state index is 0.0698. The Morgan fingerprint density at radius 1 is 0.927 bits per heavy atom. The van der Waals surface area contributed by atoms with Gasteiger partial charge in [0.05, 0.1) is 24.3 Å². The second-order valence-corrected chi connectivity index (χ2v) is 10.6. The van der Waals surface area contributed by atoms with Gasteiger partial charge in [-0.3, -0.25) is 4.79 Å². The summed E-state index contributed by atoms with van der Waals surface area (Å²) in [6.45, 7) is 1.64. The van der Waals surface area contributed by atoms with E-state index in [1.54, 1.807) is 12.1 Å². The number of nitrogens with zero attached hydrogens (tertiary/aromatic N) is 2. The molecule has 2 fully saturated rings. The first kappa shape index (κ1) is 30.6. The van der Waals surface area contributed by atoms with Crippen molar-refractivity contribution in [2.24, 2.45) is 0 Å². The Labute approximate surface area is 236 Å². The van der Waals surface area contributed by atoms with E-state index in [2.05, 4.69) is 5.32 Å². The van der Waals surface area contributed by atoms with E-state index in [-0.39, 0.29) is 37.2 Å². The van der Waals surface area contributed by atoms with Crippen LogP contribution in [-0.4, -0.2) is 72.3 Å². The smallest absolute Gasteiger partial charge is 0.418 e. The van der Waals surface area contributed by atoms with Crippen LogP contribution in [0.5, 0.6) is 0 Å². The van der Waals surface area contributed by atoms with E-state index in [1.165, 1.54) is 21.9 Å². The molecule has 2 aromatic rings. The molecule has 2 heterocycles. The number of benzene rings is 2. The van der Waals surface area contributed by atoms with Crippen molar-refractivity contribution in [2.75, 3.05) is 44.7 Å². The third-order valence-electron chi connectivity index (χ3n) is 6.69. The molecule has 0 aliphatic carbocycles. The first-order valence-electron chi connectivity index (χ1n) is 12.7. The first-order valence-corrected chi connectivity index (χ1v) is 13.5. The normalized spacial score (nSPS) is 17.2. The third kappa shape index (κ3) is 7.88. The zero-order valence-corrected chi connectivity index (χ0v) is 22.4. The molecule has 4 rings (SSSR count). The maximum Gasteiger partial charge on any atom is 0.418 e. The minimum atomic E-state index is -5.35. The molecular formula is C27H27F6N3O4S. The van der Waals surface area contributed by atoms with Gasteiger partial charge in [-0.15, -0.1) is 0 Å². The SMILES string of the molecule is O=C(O)N1CCC(Nc2cccc(Sc3ccc(C=CC(=O)N4CCOCC4)c(C(F)(F)F)c3C(F)(F)F)c2)CC1. The van der Waals surface area contributed by atoms with Gasteiger partial charge < -0.3 is 25.0 Å². The number of alkyl halides is 6. The van der Waals surface area contributed by atoms with Gasteiger partial charge >= 0.3 is 18.4 Å². The average molecular weight is 604 g/mol. The van der Waals surface area contributed by atoms with Crippen LogP contribution in [0.4, 0.5) is 36.8 Å². The van der Waals surface area contributed by atoms with Crippen molar-refractivity contribution in [3.05, 3.63) is 59.2 Å². The average Bonchev–Trinajstić information content (AvgIpc) is 2.91. The van der Waals surface area contributed by atoms with Crippen molar-refractivity contribution in [1.82, 2.24) is 9.80 Å². The number of halogens is 6. The van der Waals surface area contributed by atoms with Gasteiger partial charge in [0.15, 0.2) is 0 Å². The molecule has 2 aromatic carbocycles. The number of piperidine rings is 1. The summed E-state index contributed by atoms with van der Waals surface area (Å²) in [6, 6.07) is 8.12. The first-order chi connectivity index (χ1) is 19.3. The quantitative estimate of drug-likeness (QED) is 0.298.